The first kappa shape index (κ1) is 18.0. The Balaban J connectivity index is 2.97. The first-order chi connectivity index (χ1) is 10.1. The second-order valence-corrected chi connectivity index (χ2v) is 5.35. The third-order valence-electron chi connectivity index (χ3n) is 3.38. The second kappa shape index (κ2) is 6.81. The summed E-state index contributed by atoms with van der Waals surface area (Å²) in [6.45, 7) is 5.23. The molecule has 2 atom stereocenters. The van der Waals surface area contributed by atoms with Gasteiger partial charge in [-0.05, 0) is 27.7 Å². The molecule has 1 rings (SSSR count). The summed E-state index contributed by atoms with van der Waals surface area (Å²) in [7, 11) is 0. The molecule has 1 aromatic rings. The summed E-state index contributed by atoms with van der Waals surface area (Å²) in [4.78, 5) is 12.1. The summed E-state index contributed by atoms with van der Waals surface area (Å²) >= 11 is 0. The van der Waals surface area contributed by atoms with Crippen LogP contribution in [0.1, 0.15) is 43.1 Å². The first-order valence-corrected chi connectivity index (χ1v) is 6.84. The molecule has 0 unspecified atom stereocenters. The molecule has 1 N–H and O–H groups in total. The van der Waals surface area contributed by atoms with Crippen molar-refractivity contribution in [2.24, 2.45) is 0 Å². The Kier molecular flexibility index (Phi) is 5.58. The van der Waals surface area contributed by atoms with Crippen molar-refractivity contribution in [2.45, 2.75) is 58.8 Å². The monoisotopic (exact) mass is 316 g/mol. The van der Waals surface area contributed by atoms with E-state index in [1.165, 1.54) is 6.92 Å². The molecule has 0 saturated carbocycles. The lowest BCUT2D eigenvalue weighted by Gasteiger charge is -2.16. The predicted octanol–water partition coefficient (Wildman–Crippen LogP) is 2.58. The lowest BCUT2D eigenvalue weighted by atomic mass is 9.98. The molecular weight excluding hydrogens is 297 g/mol. The molecule has 0 saturated heterocycles. The van der Waals surface area contributed by atoms with Gasteiger partial charge in [0.25, 0.3) is 0 Å². The van der Waals surface area contributed by atoms with Gasteiger partial charge in [-0.2, -0.15) is 23.5 Å². The van der Waals surface area contributed by atoms with Gasteiger partial charge in [-0.1, -0.05) is 0 Å². The third-order valence-corrected chi connectivity index (χ3v) is 3.38. The number of rotatable bonds is 5. The number of halogens is 3. The van der Waals surface area contributed by atoms with Crippen LogP contribution >= 0.6 is 0 Å². The standard InChI is InChI=1S/C14H19F3N4O/c1-8(5-6-18)19-13(22)9(2)12-10(3)20-21(11(12)4)7-14(15,16)17/h8-9H,5,7H2,1-4H3,(H,19,22)/t8-,9+/m1/s1. The molecule has 8 heteroatoms. The zero-order chi connectivity index (χ0) is 17.1. The van der Waals surface area contributed by atoms with Crippen molar-refractivity contribution in [3.8, 4) is 6.07 Å². The number of nitriles is 1. The van der Waals surface area contributed by atoms with E-state index >= 15 is 0 Å². The number of carbonyl (C=O) groups is 1. The van der Waals surface area contributed by atoms with Crippen molar-refractivity contribution in [1.82, 2.24) is 15.1 Å². The zero-order valence-electron chi connectivity index (χ0n) is 13.0. The molecule has 1 aromatic heterocycles. The van der Waals surface area contributed by atoms with Gasteiger partial charge in [0.1, 0.15) is 6.54 Å². The molecule has 0 aliphatic heterocycles. The predicted molar refractivity (Wildman–Crippen MR) is 74.0 cm³/mol. The molecule has 0 fully saturated rings. The number of alkyl halides is 3. The minimum atomic E-state index is -4.37. The summed E-state index contributed by atoms with van der Waals surface area (Å²) in [6.07, 6.45) is -4.20. The molecule has 1 amide bonds. The Morgan fingerprint density at radius 3 is 2.50 bits per heavy atom. The van der Waals surface area contributed by atoms with Crippen LogP contribution in [0.15, 0.2) is 0 Å². The smallest absolute Gasteiger partial charge is 0.352 e. The summed E-state index contributed by atoms with van der Waals surface area (Å²) < 4.78 is 38.4. The van der Waals surface area contributed by atoms with Crippen molar-refractivity contribution in [3.05, 3.63) is 17.0 Å². The van der Waals surface area contributed by atoms with E-state index in [4.69, 9.17) is 5.26 Å². The van der Waals surface area contributed by atoms with E-state index < -0.39 is 18.6 Å². The van der Waals surface area contributed by atoms with Gasteiger partial charge in [0, 0.05) is 17.3 Å². The zero-order valence-corrected chi connectivity index (χ0v) is 13.0. The van der Waals surface area contributed by atoms with E-state index in [1.807, 2.05) is 6.07 Å². The normalized spacial score (nSPS) is 14.3. The number of carbonyl (C=O) groups excluding carboxylic acids is 1. The van der Waals surface area contributed by atoms with E-state index in [1.54, 1.807) is 20.8 Å². The highest BCUT2D eigenvalue weighted by Gasteiger charge is 2.31. The topological polar surface area (TPSA) is 70.7 Å². The van der Waals surface area contributed by atoms with Crippen molar-refractivity contribution in [1.29, 1.82) is 5.26 Å². The number of aryl methyl sites for hydroxylation is 1. The summed E-state index contributed by atoms with van der Waals surface area (Å²) in [5, 5.41) is 15.1. The van der Waals surface area contributed by atoms with Gasteiger partial charge in [-0.3, -0.25) is 9.48 Å². The molecule has 122 valence electrons. The van der Waals surface area contributed by atoms with Gasteiger partial charge in [0.15, 0.2) is 0 Å². The Hall–Kier alpha value is -2.04. The van der Waals surface area contributed by atoms with Crippen LogP contribution in [0, 0.1) is 25.2 Å². The van der Waals surface area contributed by atoms with Gasteiger partial charge >= 0.3 is 6.18 Å². The Bertz CT molecular complexity index is 586. The molecule has 22 heavy (non-hydrogen) atoms. The minimum Gasteiger partial charge on any atom is -0.352 e. The van der Waals surface area contributed by atoms with Gasteiger partial charge in [-0.25, -0.2) is 0 Å². The summed E-state index contributed by atoms with van der Waals surface area (Å²) in [5.74, 6) is -0.969. The number of nitrogens with zero attached hydrogens (tertiary/aromatic N) is 3. The van der Waals surface area contributed by atoms with E-state index in [0.717, 1.165) is 4.68 Å². The van der Waals surface area contributed by atoms with Crippen molar-refractivity contribution >= 4 is 5.91 Å². The number of amides is 1. The van der Waals surface area contributed by atoms with Gasteiger partial charge in [0.05, 0.1) is 24.1 Å². The molecule has 0 radical (unpaired) electrons. The van der Waals surface area contributed by atoms with Gasteiger partial charge in [0.2, 0.25) is 5.91 Å². The van der Waals surface area contributed by atoms with Crippen LogP contribution in [0.4, 0.5) is 13.2 Å². The van der Waals surface area contributed by atoms with Crippen LogP contribution in [0.2, 0.25) is 0 Å². The SMILES string of the molecule is Cc1nn(CC(F)(F)F)c(C)c1[C@H](C)C(=O)N[C@H](C)CC#N. The fourth-order valence-corrected chi connectivity index (χ4v) is 2.35. The van der Waals surface area contributed by atoms with E-state index in [-0.39, 0.29) is 18.4 Å². The van der Waals surface area contributed by atoms with E-state index in [0.29, 0.717) is 17.0 Å². The molecular formula is C14H19F3N4O. The quantitative estimate of drug-likeness (QED) is 0.907. The Labute approximate surface area is 127 Å². The molecule has 0 aliphatic carbocycles. The molecule has 0 bridgehead atoms. The second-order valence-electron chi connectivity index (χ2n) is 5.35. The maximum atomic E-state index is 12.5. The van der Waals surface area contributed by atoms with Gasteiger partial charge in [-0.15, -0.1) is 0 Å². The molecule has 0 aromatic carbocycles. The highest BCUT2D eigenvalue weighted by atomic mass is 19.4. The van der Waals surface area contributed by atoms with Crippen LogP contribution in [0.5, 0.6) is 0 Å². The highest BCUT2D eigenvalue weighted by Crippen LogP contribution is 2.26. The molecule has 1 heterocycles. The minimum absolute atomic E-state index is 0.170. The molecule has 5 nitrogen and oxygen atoms in total. The maximum Gasteiger partial charge on any atom is 0.408 e. The van der Waals surface area contributed by atoms with Crippen molar-refractivity contribution in [2.75, 3.05) is 0 Å². The van der Waals surface area contributed by atoms with E-state index in [2.05, 4.69) is 10.4 Å². The fraction of sp³-hybridized carbons (Fsp3) is 0.643. The van der Waals surface area contributed by atoms with Crippen LogP contribution in [0.25, 0.3) is 0 Å². The Morgan fingerprint density at radius 1 is 1.41 bits per heavy atom. The largest absolute Gasteiger partial charge is 0.408 e. The number of hydrogen-bond acceptors (Lipinski definition) is 3. The van der Waals surface area contributed by atoms with Crippen LogP contribution in [-0.4, -0.2) is 27.9 Å². The molecule has 0 spiro atoms. The molecule has 0 aliphatic rings. The maximum absolute atomic E-state index is 12.5. The lowest BCUT2D eigenvalue weighted by molar-refractivity contribution is -0.143. The average Bonchev–Trinajstić information content (AvgIpc) is 2.61. The van der Waals surface area contributed by atoms with Crippen LogP contribution in [-0.2, 0) is 11.3 Å². The fourth-order valence-electron chi connectivity index (χ4n) is 2.35. The summed E-state index contributed by atoms with van der Waals surface area (Å²) in [6, 6.07) is 1.63. The van der Waals surface area contributed by atoms with Crippen molar-refractivity contribution < 1.29 is 18.0 Å². The number of hydrogen-bond donors (Lipinski definition) is 1. The third kappa shape index (κ3) is 4.48. The van der Waals surface area contributed by atoms with Crippen LogP contribution < -0.4 is 5.32 Å². The Morgan fingerprint density at radius 2 is 2.00 bits per heavy atom. The number of nitrogens with one attached hydrogen (secondary N) is 1. The highest BCUT2D eigenvalue weighted by molar-refractivity contribution is 5.84. The average molecular weight is 316 g/mol. The summed E-state index contributed by atoms with van der Waals surface area (Å²) in [5.41, 5.74) is 1.22. The number of aromatic nitrogens is 2. The van der Waals surface area contributed by atoms with Crippen LogP contribution in [0.3, 0.4) is 0 Å². The first-order valence-electron chi connectivity index (χ1n) is 6.84. The lowest BCUT2D eigenvalue weighted by Crippen LogP contribution is -2.35. The van der Waals surface area contributed by atoms with Crippen molar-refractivity contribution in [3.63, 3.8) is 0 Å². The van der Waals surface area contributed by atoms with E-state index in [9.17, 15) is 18.0 Å². The van der Waals surface area contributed by atoms with Gasteiger partial charge < -0.3 is 5.32 Å².